The van der Waals surface area contributed by atoms with E-state index < -0.39 is 14.8 Å². The molecule has 1 atom stereocenters. The van der Waals surface area contributed by atoms with Crippen LogP contribution < -0.4 is 0 Å². The van der Waals surface area contributed by atoms with Gasteiger partial charge in [0.15, 0.2) is 14.6 Å². The highest BCUT2D eigenvalue weighted by Gasteiger charge is 2.28. The Morgan fingerprint density at radius 1 is 1.48 bits per heavy atom. The van der Waals surface area contributed by atoms with Gasteiger partial charge in [-0.2, -0.15) is 0 Å². The van der Waals surface area contributed by atoms with Gasteiger partial charge >= 0.3 is 0 Å². The standard InChI is InChI=1S/C12H13N3O4S2/c16-15(17)9-1-2-10-11(5-9)14(12(20)13-10)6-8-3-4-21(18,19)7-8/h1-2,5,8H,3-4,6-7H2,(H,13,20)/t8-/m1/s1. The van der Waals surface area contributed by atoms with E-state index in [1.54, 1.807) is 10.6 Å². The van der Waals surface area contributed by atoms with Gasteiger partial charge in [-0.15, -0.1) is 0 Å². The van der Waals surface area contributed by atoms with Crippen molar-refractivity contribution in [2.24, 2.45) is 5.92 Å². The Hall–Kier alpha value is -1.74. The van der Waals surface area contributed by atoms with Gasteiger partial charge in [0, 0.05) is 18.7 Å². The lowest BCUT2D eigenvalue weighted by atomic mass is 10.1. The Bertz CT molecular complexity index is 882. The number of rotatable bonds is 3. The van der Waals surface area contributed by atoms with E-state index in [0.717, 1.165) is 0 Å². The highest BCUT2D eigenvalue weighted by atomic mass is 32.2. The lowest BCUT2D eigenvalue weighted by molar-refractivity contribution is -0.384. The van der Waals surface area contributed by atoms with Crippen molar-refractivity contribution in [3.05, 3.63) is 33.1 Å². The minimum absolute atomic E-state index is 0.0000350. The first kappa shape index (κ1) is 14.2. The van der Waals surface area contributed by atoms with E-state index in [0.29, 0.717) is 28.8 Å². The van der Waals surface area contributed by atoms with Gasteiger partial charge in [-0.25, -0.2) is 8.42 Å². The third-order valence-corrected chi connectivity index (χ3v) is 5.90. The number of fused-ring (bicyclic) bond motifs is 1. The van der Waals surface area contributed by atoms with Crippen LogP contribution in [0.1, 0.15) is 6.42 Å². The van der Waals surface area contributed by atoms with Crippen molar-refractivity contribution in [1.82, 2.24) is 9.55 Å². The summed E-state index contributed by atoms with van der Waals surface area (Å²) in [4.78, 5) is 13.4. The molecule has 1 fully saturated rings. The van der Waals surface area contributed by atoms with Gasteiger partial charge in [-0.3, -0.25) is 10.1 Å². The van der Waals surface area contributed by atoms with Crippen LogP contribution in [0.4, 0.5) is 5.69 Å². The predicted molar refractivity (Wildman–Crippen MR) is 80.5 cm³/mol. The maximum Gasteiger partial charge on any atom is 0.271 e. The molecule has 1 aromatic carbocycles. The Balaban J connectivity index is 2.01. The molecule has 0 unspecified atom stereocenters. The van der Waals surface area contributed by atoms with Crippen molar-refractivity contribution < 1.29 is 13.3 Å². The molecule has 21 heavy (non-hydrogen) atoms. The molecule has 0 radical (unpaired) electrons. The molecule has 0 aliphatic carbocycles. The Kier molecular flexibility index (Phi) is 3.33. The lowest BCUT2D eigenvalue weighted by Gasteiger charge is -2.09. The number of nitro groups is 1. The Labute approximate surface area is 125 Å². The van der Waals surface area contributed by atoms with Gasteiger partial charge in [0.2, 0.25) is 0 Å². The molecule has 9 heteroatoms. The van der Waals surface area contributed by atoms with Crippen LogP contribution in [-0.4, -0.2) is 34.4 Å². The molecule has 2 aromatic rings. The van der Waals surface area contributed by atoms with Crippen molar-refractivity contribution in [3.63, 3.8) is 0 Å². The number of imidazole rings is 1. The topological polar surface area (TPSA) is 98.0 Å². The van der Waals surface area contributed by atoms with Crippen LogP contribution in [-0.2, 0) is 16.4 Å². The third-order valence-electron chi connectivity index (χ3n) is 3.74. The molecule has 1 aliphatic rings. The molecule has 7 nitrogen and oxygen atoms in total. The monoisotopic (exact) mass is 327 g/mol. The van der Waals surface area contributed by atoms with Gasteiger partial charge in [0.25, 0.3) is 5.69 Å². The number of nitrogens with one attached hydrogen (secondary N) is 1. The predicted octanol–water partition coefficient (Wildman–Crippen LogP) is 2.04. The van der Waals surface area contributed by atoms with Crippen LogP contribution in [0, 0.1) is 20.8 Å². The fraction of sp³-hybridized carbons (Fsp3) is 0.417. The van der Waals surface area contributed by atoms with Crippen molar-refractivity contribution >= 4 is 38.8 Å². The van der Waals surface area contributed by atoms with E-state index in [2.05, 4.69) is 4.98 Å². The lowest BCUT2D eigenvalue weighted by Crippen LogP contribution is -2.12. The van der Waals surface area contributed by atoms with E-state index in [4.69, 9.17) is 12.2 Å². The van der Waals surface area contributed by atoms with Gasteiger partial charge in [-0.1, -0.05) is 0 Å². The highest BCUT2D eigenvalue weighted by molar-refractivity contribution is 7.91. The molecule has 0 amide bonds. The minimum atomic E-state index is -2.95. The molecule has 0 bridgehead atoms. The summed E-state index contributed by atoms with van der Waals surface area (Å²) in [5.74, 6) is 0.351. The number of aromatic nitrogens is 2. The Morgan fingerprint density at radius 3 is 2.86 bits per heavy atom. The van der Waals surface area contributed by atoms with Crippen molar-refractivity contribution in [1.29, 1.82) is 0 Å². The smallest absolute Gasteiger partial charge is 0.271 e. The molecular formula is C12H13N3O4S2. The van der Waals surface area contributed by atoms with Gasteiger partial charge in [-0.05, 0) is 30.6 Å². The first-order valence-electron chi connectivity index (χ1n) is 6.43. The third kappa shape index (κ3) is 2.70. The van der Waals surface area contributed by atoms with Crippen molar-refractivity contribution in [2.45, 2.75) is 13.0 Å². The summed E-state index contributed by atoms with van der Waals surface area (Å²) in [5.41, 5.74) is 1.34. The first-order chi connectivity index (χ1) is 9.85. The molecular weight excluding hydrogens is 314 g/mol. The van der Waals surface area contributed by atoms with E-state index in [1.165, 1.54) is 12.1 Å². The molecule has 1 N–H and O–H groups in total. The highest BCUT2D eigenvalue weighted by Crippen LogP contribution is 2.25. The zero-order valence-electron chi connectivity index (χ0n) is 11.0. The molecule has 1 aliphatic heterocycles. The first-order valence-corrected chi connectivity index (χ1v) is 8.66. The van der Waals surface area contributed by atoms with E-state index >= 15 is 0 Å². The molecule has 112 valence electrons. The number of nitrogens with zero attached hydrogens (tertiary/aromatic N) is 2. The fourth-order valence-electron chi connectivity index (χ4n) is 2.71. The van der Waals surface area contributed by atoms with Crippen LogP contribution in [0.3, 0.4) is 0 Å². The van der Waals surface area contributed by atoms with Gasteiger partial charge < -0.3 is 9.55 Å². The zero-order chi connectivity index (χ0) is 15.2. The zero-order valence-corrected chi connectivity index (χ0v) is 12.6. The quantitative estimate of drug-likeness (QED) is 0.528. The SMILES string of the molecule is O=[N+]([O-])c1ccc2[nH]c(=S)n(C[C@H]3CCS(=O)(=O)C3)c2c1. The average molecular weight is 327 g/mol. The summed E-state index contributed by atoms with van der Waals surface area (Å²) in [6.07, 6.45) is 0.603. The maximum atomic E-state index is 11.5. The molecule has 0 saturated carbocycles. The summed E-state index contributed by atoms with van der Waals surface area (Å²) >= 11 is 5.24. The molecule has 3 rings (SSSR count). The number of sulfone groups is 1. The number of nitro benzene ring substituents is 1. The molecule has 2 heterocycles. The summed E-state index contributed by atoms with van der Waals surface area (Å²) in [6.45, 7) is 0.458. The number of hydrogen-bond acceptors (Lipinski definition) is 5. The average Bonchev–Trinajstić information content (AvgIpc) is 2.90. The van der Waals surface area contributed by atoms with Gasteiger partial charge in [0.1, 0.15) is 0 Å². The van der Waals surface area contributed by atoms with E-state index in [9.17, 15) is 18.5 Å². The number of non-ortho nitro benzene ring substituents is 1. The van der Waals surface area contributed by atoms with Gasteiger partial charge in [0.05, 0.1) is 27.5 Å². The van der Waals surface area contributed by atoms with Crippen LogP contribution >= 0.6 is 12.2 Å². The number of hydrogen-bond donors (Lipinski definition) is 1. The number of aromatic amines is 1. The summed E-state index contributed by atoms with van der Waals surface area (Å²) in [5, 5.41) is 10.9. The second-order valence-electron chi connectivity index (χ2n) is 5.27. The van der Waals surface area contributed by atoms with Crippen LogP contribution in [0.2, 0.25) is 0 Å². The second-order valence-corrected chi connectivity index (χ2v) is 7.88. The largest absolute Gasteiger partial charge is 0.331 e. The summed E-state index contributed by atoms with van der Waals surface area (Å²) < 4.78 is 25.3. The minimum Gasteiger partial charge on any atom is -0.331 e. The van der Waals surface area contributed by atoms with E-state index in [-0.39, 0.29) is 23.1 Å². The summed E-state index contributed by atoms with van der Waals surface area (Å²) in [6, 6.07) is 4.49. The van der Waals surface area contributed by atoms with Crippen LogP contribution in [0.25, 0.3) is 11.0 Å². The number of H-pyrrole nitrogens is 1. The van der Waals surface area contributed by atoms with Crippen molar-refractivity contribution in [3.8, 4) is 0 Å². The van der Waals surface area contributed by atoms with E-state index in [1.807, 2.05) is 0 Å². The maximum absolute atomic E-state index is 11.5. The van der Waals surface area contributed by atoms with Crippen LogP contribution in [0.5, 0.6) is 0 Å². The van der Waals surface area contributed by atoms with Crippen molar-refractivity contribution in [2.75, 3.05) is 11.5 Å². The normalized spacial score (nSPS) is 20.9. The fourth-order valence-corrected chi connectivity index (χ4v) is 4.84. The molecule has 0 spiro atoms. The molecule has 1 saturated heterocycles. The summed E-state index contributed by atoms with van der Waals surface area (Å²) in [7, 11) is -2.95. The molecule has 1 aromatic heterocycles. The Morgan fingerprint density at radius 2 is 2.24 bits per heavy atom. The van der Waals surface area contributed by atoms with Crippen LogP contribution in [0.15, 0.2) is 18.2 Å². The number of benzene rings is 1. The second kappa shape index (κ2) is 4.92.